The van der Waals surface area contributed by atoms with Gasteiger partial charge in [0.15, 0.2) is 5.78 Å². The van der Waals surface area contributed by atoms with E-state index in [2.05, 4.69) is 4.74 Å². The summed E-state index contributed by atoms with van der Waals surface area (Å²) in [4.78, 5) is 34.4. The van der Waals surface area contributed by atoms with Crippen molar-refractivity contribution in [1.82, 2.24) is 0 Å². The monoisotopic (exact) mass is 290 g/mol. The Balaban J connectivity index is 0. The van der Waals surface area contributed by atoms with Crippen LogP contribution in [0.3, 0.4) is 0 Å². The van der Waals surface area contributed by atoms with E-state index in [0.717, 1.165) is 7.11 Å². The van der Waals surface area contributed by atoms with Crippen LogP contribution in [0.1, 0.15) is 18.2 Å². The van der Waals surface area contributed by atoms with Crippen molar-refractivity contribution in [3.8, 4) is 11.5 Å². The Kier molecular flexibility index (Phi) is 8.13. The number of Topliss-reactive ketones (excluding diaryl/α,β-unsaturated/α-hetero) is 2. The van der Waals surface area contributed by atoms with E-state index >= 15 is 0 Å². The third-order valence-corrected chi connectivity index (χ3v) is 2.44. The third kappa shape index (κ3) is 4.33. The number of hydrogen-bond acceptors (Lipinski definition) is 6. The van der Waals surface area contributed by atoms with Crippen LogP contribution in [0.25, 0.3) is 0 Å². The van der Waals surface area contributed by atoms with Crippen LogP contribution in [0.5, 0.6) is 11.5 Å². The predicted molar refractivity (Wildman–Crippen MR) is 66.6 cm³/mol. The van der Waals surface area contributed by atoms with Gasteiger partial charge in [0.2, 0.25) is 5.78 Å². The van der Waals surface area contributed by atoms with Crippen LogP contribution in [0, 0.1) is 0 Å². The molecule has 0 radical (unpaired) electrons. The van der Waals surface area contributed by atoms with Crippen molar-refractivity contribution < 1.29 is 59.6 Å². The zero-order chi connectivity index (χ0) is 14.4. The summed E-state index contributed by atoms with van der Waals surface area (Å²) in [6.07, 6.45) is -0.594. The molecule has 0 aliphatic heterocycles. The number of carbonyl (C=O) groups excluding carboxylic acids is 3. The maximum Gasteiger partial charge on any atom is 1.00 e. The minimum absolute atomic E-state index is 0. The molecule has 20 heavy (non-hydrogen) atoms. The number of benzene rings is 1. The van der Waals surface area contributed by atoms with Crippen molar-refractivity contribution in [1.29, 1.82) is 0 Å². The molecule has 0 amide bonds. The van der Waals surface area contributed by atoms with Crippen molar-refractivity contribution in [3.63, 3.8) is 0 Å². The summed E-state index contributed by atoms with van der Waals surface area (Å²) in [5.41, 5.74) is 0.129. The molecule has 1 aromatic rings. The van der Waals surface area contributed by atoms with Crippen LogP contribution in [-0.4, -0.2) is 38.9 Å². The SMILES string of the molecule is COC(=O)C(=O)CC(=O)c1c(OC)cccc1OC.[H-].[Na+]. The molecule has 7 heteroatoms. The van der Waals surface area contributed by atoms with Gasteiger partial charge in [0.05, 0.1) is 27.8 Å². The number of ether oxygens (including phenoxy) is 3. The summed E-state index contributed by atoms with van der Waals surface area (Å²) in [7, 11) is 3.87. The first-order chi connectivity index (χ1) is 9.04. The second-order valence-corrected chi connectivity index (χ2v) is 3.55. The van der Waals surface area contributed by atoms with Crippen LogP contribution < -0.4 is 39.0 Å². The molecule has 0 N–H and O–H groups in total. The number of hydrogen-bond donors (Lipinski definition) is 0. The maximum absolute atomic E-state index is 12.0. The Morgan fingerprint density at radius 3 is 1.95 bits per heavy atom. The van der Waals surface area contributed by atoms with Gasteiger partial charge in [-0.2, -0.15) is 0 Å². The van der Waals surface area contributed by atoms with Gasteiger partial charge in [-0.1, -0.05) is 6.07 Å². The normalized spacial score (nSPS) is 9.15. The molecule has 0 aliphatic carbocycles. The maximum atomic E-state index is 12.0. The number of carbonyl (C=O) groups is 3. The van der Waals surface area contributed by atoms with E-state index in [9.17, 15) is 14.4 Å². The Morgan fingerprint density at radius 2 is 1.55 bits per heavy atom. The summed E-state index contributed by atoms with van der Waals surface area (Å²) < 4.78 is 14.4. The summed E-state index contributed by atoms with van der Waals surface area (Å²) in [5, 5.41) is 0. The average molecular weight is 290 g/mol. The van der Waals surface area contributed by atoms with Crippen LogP contribution in [0.15, 0.2) is 18.2 Å². The van der Waals surface area contributed by atoms with E-state index in [1.165, 1.54) is 14.2 Å². The minimum Gasteiger partial charge on any atom is -1.00 e. The molecular weight excluding hydrogens is 275 g/mol. The zero-order valence-corrected chi connectivity index (χ0v) is 13.9. The predicted octanol–water partition coefficient (Wildman–Crippen LogP) is -1.86. The Labute approximate surface area is 140 Å². The first-order valence-corrected chi connectivity index (χ1v) is 5.40. The van der Waals surface area contributed by atoms with E-state index in [1.807, 2.05) is 0 Å². The van der Waals surface area contributed by atoms with E-state index in [4.69, 9.17) is 9.47 Å². The molecule has 1 rings (SSSR count). The van der Waals surface area contributed by atoms with Gasteiger partial charge in [0, 0.05) is 0 Å². The topological polar surface area (TPSA) is 78.9 Å². The summed E-state index contributed by atoms with van der Waals surface area (Å²) in [6.45, 7) is 0. The molecule has 0 fully saturated rings. The van der Waals surface area contributed by atoms with Gasteiger partial charge < -0.3 is 15.6 Å². The molecule has 0 aromatic heterocycles. The molecule has 6 nitrogen and oxygen atoms in total. The number of esters is 1. The van der Waals surface area contributed by atoms with Crippen LogP contribution in [-0.2, 0) is 14.3 Å². The smallest absolute Gasteiger partial charge is 1.00 e. The molecule has 0 saturated carbocycles. The van der Waals surface area contributed by atoms with Gasteiger partial charge in [-0.05, 0) is 12.1 Å². The van der Waals surface area contributed by atoms with Gasteiger partial charge >= 0.3 is 35.5 Å². The van der Waals surface area contributed by atoms with Crippen molar-refractivity contribution in [2.24, 2.45) is 0 Å². The van der Waals surface area contributed by atoms with Crippen LogP contribution in [0.4, 0.5) is 0 Å². The van der Waals surface area contributed by atoms with E-state index in [0.29, 0.717) is 0 Å². The second kappa shape index (κ2) is 8.73. The van der Waals surface area contributed by atoms with Crippen molar-refractivity contribution in [2.75, 3.05) is 21.3 Å². The fourth-order valence-corrected chi connectivity index (χ4v) is 1.55. The van der Waals surface area contributed by atoms with E-state index in [1.54, 1.807) is 18.2 Å². The molecule has 0 spiro atoms. The Bertz CT molecular complexity index is 495. The molecule has 0 unspecified atom stereocenters. The van der Waals surface area contributed by atoms with E-state index < -0.39 is 24.0 Å². The van der Waals surface area contributed by atoms with Gasteiger partial charge in [-0.25, -0.2) is 4.79 Å². The number of methoxy groups -OCH3 is 3. The zero-order valence-electron chi connectivity index (χ0n) is 12.9. The summed E-state index contributed by atoms with van der Waals surface area (Å²) >= 11 is 0. The molecule has 0 saturated heterocycles. The molecule has 1 aromatic carbocycles. The number of ketones is 2. The van der Waals surface area contributed by atoms with Gasteiger partial charge in [0.1, 0.15) is 17.1 Å². The average Bonchev–Trinajstić information content (AvgIpc) is 2.44. The molecule has 0 bridgehead atoms. The first kappa shape index (κ1) is 18.6. The standard InChI is InChI=1S/C13H14O6.Na.H/c1-17-10-5-4-6-11(18-2)12(10)8(14)7-9(15)13(16)19-3;;/h4-6H,7H2,1-3H3;;/q;+1;-1. The second-order valence-electron chi connectivity index (χ2n) is 3.55. The third-order valence-electron chi connectivity index (χ3n) is 2.44. The fraction of sp³-hybridized carbons (Fsp3) is 0.308. The quantitative estimate of drug-likeness (QED) is 0.201. The molecule has 0 aliphatic rings. The Morgan fingerprint density at radius 1 is 1.05 bits per heavy atom. The molecular formula is C13H15NaO6. The van der Waals surface area contributed by atoms with Crippen LogP contribution >= 0.6 is 0 Å². The Hall–Kier alpha value is -1.37. The van der Waals surface area contributed by atoms with Crippen molar-refractivity contribution >= 4 is 17.5 Å². The van der Waals surface area contributed by atoms with Crippen LogP contribution in [0.2, 0.25) is 0 Å². The molecule has 0 atom stereocenters. The van der Waals surface area contributed by atoms with E-state index in [-0.39, 0.29) is 48.0 Å². The largest absolute Gasteiger partial charge is 1.00 e. The summed E-state index contributed by atoms with van der Waals surface area (Å²) in [6, 6.07) is 4.79. The van der Waals surface area contributed by atoms with Gasteiger partial charge in [-0.3, -0.25) is 9.59 Å². The van der Waals surface area contributed by atoms with Crippen molar-refractivity contribution in [3.05, 3.63) is 23.8 Å². The first-order valence-electron chi connectivity index (χ1n) is 5.40. The number of rotatable bonds is 6. The summed E-state index contributed by atoms with van der Waals surface area (Å²) in [5.74, 6) is -1.98. The minimum atomic E-state index is -1.05. The van der Waals surface area contributed by atoms with Gasteiger partial charge in [0.25, 0.3) is 0 Å². The van der Waals surface area contributed by atoms with Gasteiger partial charge in [-0.15, -0.1) is 0 Å². The fourth-order valence-electron chi connectivity index (χ4n) is 1.55. The molecule has 104 valence electrons. The molecule has 0 heterocycles. The van der Waals surface area contributed by atoms with Crippen molar-refractivity contribution in [2.45, 2.75) is 6.42 Å².